The maximum Gasteiger partial charge on any atom is 0.341 e. The van der Waals surface area contributed by atoms with Gasteiger partial charge in [0.25, 0.3) is 0 Å². The van der Waals surface area contributed by atoms with E-state index in [4.69, 9.17) is 4.74 Å². The number of carbonyl (C=O) groups is 1. The van der Waals surface area contributed by atoms with Crippen LogP contribution in [0.1, 0.15) is 71.1 Å². The first-order valence-corrected chi connectivity index (χ1v) is 8.61. The smallest absolute Gasteiger partial charge is 0.341 e. The van der Waals surface area contributed by atoms with E-state index in [-0.39, 0.29) is 5.76 Å². The predicted octanol–water partition coefficient (Wildman–Crippen LogP) is 4.82. The molecule has 0 aromatic heterocycles. The number of cyclic esters (lactones) is 1. The fourth-order valence-corrected chi connectivity index (χ4v) is 2.55. The van der Waals surface area contributed by atoms with E-state index in [0.717, 1.165) is 19.3 Å². The molecule has 0 spiro atoms. The first kappa shape index (κ1) is 18.7. The first-order chi connectivity index (χ1) is 10.7. The molecule has 0 amide bonds. The largest absolute Gasteiger partial charge is 0.425 e. The minimum Gasteiger partial charge on any atom is -0.425 e. The number of rotatable bonds is 11. The van der Waals surface area contributed by atoms with Gasteiger partial charge in [-0.05, 0) is 32.1 Å². The molecule has 0 bridgehead atoms. The molecule has 1 atom stereocenters. The minimum absolute atomic E-state index is 0.144. The van der Waals surface area contributed by atoms with Gasteiger partial charge in [0.2, 0.25) is 0 Å². The van der Waals surface area contributed by atoms with Crippen molar-refractivity contribution in [3.05, 3.63) is 36.1 Å². The Morgan fingerprint density at radius 3 is 2.18 bits per heavy atom. The molecular formula is C19H30O3. The molecule has 1 N–H and O–H groups in total. The summed E-state index contributed by atoms with van der Waals surface area (Å²) < 4.78 is 4.79. The van der Waals surface area contributed by atoms with Crippen LogP contribution in [0.4, 0.5) is 0 Å². The van der Waals surface area contributed by atoms with Crippen LogP contribution in [0.15, 0.2) is 36.1 Å². The molecule has 1 saturated heterocycles. The van der Waals surface area contributed by atoms with Crippen molar-refractivity contribution in [2.45, 2.75) is 77.2 Å². The molecule has 22 heavy (non-hydrogen) atoms. The summed E-state index contributed by atoms with van der Waals surface area (Å²) in [6.07, 6.45) is 17.2. The molecular weight excluding hydrogens is 276 g/mol. The number of carbonyl (C=O) groups excluding carboxylic acids is 1. The minimum atomic E-state index is -0.936. The van der Waals surface area contributed by atoms with Crippen LogP contribution in [0, 0.1) is 0 Å². The van der Waals surface area contributed by atoms with E-state index in [1.165, 1.54) is 44.9 Å². The highest BCUT2D eigenvalue weighted by atomic mass is 16.6. The van der Waals surface area contributed by atoms with E-state index in [1.54, 1.807) is 6.08 Å². The van der Waals surface area contributed by atoms with Gasteiger partial charge in [-0.25, -0.2) is 4.79 Å². The monoisotopic (exact) mass is 306 g/mol. The second-order valence-electron chi connectivity index (χ2n) is 5.85. The normalized spacial score (nSPS) is 20.3. The Kier molecular flexibility index (Phi) is 9.56. The van der Waals surface area contributed by atoms with Crippen LogP contribution in [0.3, 0.4) is 0 Å². The molecule has 1 heterocycles. The van der Waals surface area contributed by atoms with Crippen molar-refractivity contribution in [3.63, 3.8) is 0 Å². The average molecular weight is 306 g/mol. The van der Waals surface area contributed by atoms with Gasteiger partial charge in [-0.3, -0.25) is 0 Å². The molecule has 1 aliphatic rings. The number of hydrogen-bond acceptors (Lipinski definition) is 3. The van der Waals surface area contributed by atoms with Crippen molar-refractivity contribution < 1.29 is 14.6 Å². The fraction of sp³-hybridized carbons (Fsp3) is 0.632. The second kappa shape index (κ2) is 11.2. The van der Waals surface area contributed by atoms with Crippen molar-refractivity contribution >= 4 is 5.97 Å². The van der Waals surface area contributed by atoms with Crippen LogP contribution in [0.5, 0.6) is 0 Å². The number of esters is 1. The molecule has 3 nitrogen and oxygen atoms in total. The molecule has 1 aliphatic heterocycles. The van der Waals surface area contributed by atoms with E-state index in [1.807, 2.05) is 0 Å². The highest BCUT2D eigenvalue weighted by Crippen LogP contribution is 2.23. The van der Waals surface area contributed by atoms with Crippen LogP contribution >= 0.6 is 0 Å². The van der Waals surface area contributed by atoms with Gasteiger partial charge < -0.3 is 9.84 Å². The maximum absolute atomic E-state index is 11.4. The molecule has 0 aromatic carbocycles. The molecule has 0 aromatic rings. The van der Waals surface area contributed by atoms with Gasteiger partial charge in [-0.2, -0.15) is 0 Å². The number of unbranched alkanes of at least 4 members (excludes halogenated alkanes) is 8. The Labute approximate surface area is 134 Å². The molecule has 1 unspecified atom stereocenters. The number of ether oxygens (including phenoxy) is 1. The summed E-state index contributed by atoms with van der Waals surface area (Å²) in [7, 11) is 0. The topological polar surface area (TPSA) is 46.5 Å². The zero-order chi connectivity index (χ0) is 16.2. The highest BCUT2D eigenvalue weighted by Gasteiger charge is 2.32. The summed E-state index contributed by atoms with van der Waals surface area (Å²) in [6, 6.07) is 0. The third-order valence-corrected chi connectivity index (χ3v) is 3.90. The molecule has 1 rings (SSSR count). The van der Waals surface area contributed by atoms with Crippen LogP contribution < -0.4 is 0 Å². The summed E-state index contributed by atoms with van der Waals surface area (Å²) in [5.41, 5.74) is 0.352. The first-order valence-electron chi connectivity index (χ1n) is 8.61. The molecule has 1 fully saturated rings. The summed E-state index contributed by atoms with van der Waals surface area (Å²) in [6.45, 7) is 5.67. The summed E-state index contributed by atoms with van der Waals surface area (Å²) >= 11 is 0. The SMILES string of the molecule is C=C1OC(=O)C(=CCCCCCCCCCC=CCC)C1O. The Morgan fingerprint density at radius 2 is 1.64 bits per heavy atom. The number of aliphatic hydroxyl groups is 1. The summed E-state index contributed by atoms with van der Waals surface area (Å²) in [5.74, 6) is -0.306. The summed E-state index contributed by atoms with van der Waals surface area (Å²) in [4.78, 5) is 11.4. The van der Waals surface area contributed by atoms with Gasteiger partial charge >= 0.3 is 5.97 Å². The van der Waals surface area contributed by atoms with Gasteiger partial charge in [-0.1, -0.05) is 63.8 Å². The lowest BCUT2D eigenvalue weighted by Crippen LogP contribution is -2.07. The lowest BCUT2D eigenvalue weighted by atomic mass is 10.0. The zero-order valence-electron chi connectivity index (χ0n) is 13.9. The van der Waals surface area contributed by atoms with Crippen molar-refractivity contribution in [3.8, 4) is 0 Å². The van der Waals surface area contributed by atoms with Crippen molar-refractivity contribution in [1.29, 1.82) is 0 Å². The van der Waals surface area contributed by atoms with E-state index in [2.05, 4.69) is 25.7 Å². The predicted molar refractivity (Wildman–Crippen MR) is 90.3 cm³/mol. The van der Waals surface area contributed by atoms with Gasteiger partial charge in [0.1, 0.15) is 11.9 Å². The van der Waals surface area contributed by atoms with Gasteiger partial charge in [0, 0.05) is 0 Å². The Bertz CT molecular complexity index is 407. The number of allylic oxidation sites excluding steroid dienone is 3. The van der Waals surface area contributed by atoms with Crippen LogP contribution in [0.25, 0.3) is 0 Å². The van der Waals surface area contributed by atoms with E-state index < -0.39 is 12.1 Å². The Balaban J connectivity index is 1.97. The quantitative estimate of drug-likeness (QED) is 0.257. The average Bonchev–Trinajstić information content (AvgIpc) is 2.74. The second-order valence-corrected chi connectivity index (χ2v) is 5.85. The zero-order valence-corrected chi connectivity index (χ0v) is 13.9. The Hall–Kier alpha value is -1.35. The van der Waals surface area contributed by atoms with Gasteiger partial charge in [0.15, 0.2) is 0 Å². The molecule has 0 radical (unpaired) electrons. The van der Waals surface area contributed by atoms with Crippen LogP contribution in [-0.4, -0.2) is 17.2 Å². The van der Waals surface area contributed by atoms with Crippen molar-refractivity contribution in [1.82, 2.24) is 0 Å². The molecule has 0 saturated carbocycles. The highest BCUT2D eigenvalue weighted by molar-refractivity contribution is 5.93. The van der Waals surface area contributed by atoms with Crippen LogP contribution in [-0.2, 0) is 9.53 Å². The lowest BCUT2D eigenvalue weighted by molar-refractivity contribution is -0.132. The van der Waals surface area contributed by atoms with Gasteiger partial charge in [0.05, 0.1) is 5.57 Å². The lowest BCUT2D eigenvalue weighted by Gasteiger charge is -2.01. The number of hydrogen-bond donors (Lipinski definition) is 1. The van der Waals surface area contributed by atoms with Crippen molar-refractivity contribution in [2.75, 3.05) is 0 Å². The van der Waals surface area contributed by atoms with Crippen molar-refractivity contribution in [2.24, 2.45) is 0 Å². The van der Waals surface area contributed by atoms with E-state index >= 15 is 0 Å². The third-order valence-electron chi connectivity index (χ3n) is 3.90. The summed E-state index contributed by atoms with van der Waals surface area (Å²) in [5, 5.41) is 9.69. The van der Waals surface area contributed by atoms with Gasteiger partial charge in [-0.15, -0.1) is 0 Å². The molecule has 124 valence electrons. The Morgan fingerprint density at radius 1 is 1.05 bits per heavy atom. The fourth-order valence-electron chi connectivity index (χ4n) is 2.55. The van der Waals surface area contributed by atoms with E-state index in [9.17, 15) is 9.90 Å². The van der Waals surface area contributed by atoms with Crippen LogP contribution in [0.2, 0.25) is 0 Å². The van der Waals surface area contributed by atoms with E-state index in [0.29, 0.717) is 5.57 Å². The third kappa shape index (κ3) is 7.08. The molecule has 0 aliphatic carbocycles. The maximum atomic E-state index is 11.4. The molecule has 3 heteroatoms. The number of aliphatic hydroxyl groups excluding tert-OH is 1. The standard InChI is InChI=1S/C19H30O3/c1-3-4-5-6-7-8-9-10-11-12-13-14-15-17-18(20)16(2)22-19(17)21/h4-5,15,18,20H,2-3,6-14H2,1H3.